The van der Waals surface area contributed by atoms with Gasteiger partial charge in [0.05, 0.1) is 0 Å². The van der Waals surface area contributed by atoms with E-state index < -0.39 is 0 Å². The molecule has 0 bridgehead atoms. The molecule has 1 N–H and O–H groups in total. The van der Waals surface area contributed by atoms with E-state index in [2.05, 4.69) is 16.4 Å². The Bertz CT molecular complexity index is 162. The Kier molecular flexibility index (Phi) is 2.74. The Morgan fingerprint density at radius 2 is 2.50 bits per heavy atom. The van der Waals surface area contributed by atoms with Crippen LogP contribution in [0.15, 0.2) is 29.4 Å². The highest BCUT2D eigenvalue weighted by atomic mass is 15.0. The van der Waals surface area contributed by atoms with Crippen molar-refractivity contribution >= 4 is 5.84 Å². The number of allylic oxidation sites excluding steroid dienone is 2. The van der Waals surface area contributed by atoms with E-state index in [1.807, 2.05) is 25.3 Å². The number of nitrogens with zero attached hydrogens (tertiary/aromatic N) is 1. The summed E-state index contributed by atoms with van der Waals surface area (Å²) in [6.07, 6.45) is 8.90. The summed E-state index contributed by atoms with van der Waals surface area (Å²) in [4.78, 5) is 4.25. The summed E-state index contributed by atoms with van der Waals surface area (Å²) >= 11 is 0. The van der Waals surface area contributed by atoms with Gasteiger partial charge in [-0.25, -0.2) is 0 Å². The minimum atomic E-state index is 0.851. The van der Waals surface area contributed by atoms with E-state index in [9.17, 15) is 0 Å². The second kappa shape index (κ2) is 3.88. The molecular formula is C8H12N2. The number of amidine groups is 1. The summed E-state index contributed by atoms with van der Waals surface area (Å²) in [6, 6.07) is 0. The van der Waals surface area contributed by atoms with E-state index in [-0.39, 0.29) is 0 Å². The van der Waals surface area contributed by atoms with Crippen LogP contribution in [-0.2, 0) is 0 Å². The molecule has 1 aliphatic heterocycles. The molecule has 0 spiro atoms. The molecule has 0 aromatic rings. The lowest BCUT2D eigenvalue weighted by molar-refractivity contribution is 1.07. The van der Waals surface area contributed by atoms with Crippen LogP contribution in [0.2, 0.25) is 0 Å². The van der Waals surface area contributed by atoms with Crippen molar-refractivity contribution in [2.75, 3.05) is 6.54 Å². The topological polar surface area (TPSA) is 24.4 Å². The molecule has 0 amide bonds. The van der Waals surface area contributed by atoms with Crippen LogP contribution in [0.5, 0.6) is 0 Å². The maximum atomic E-state index is 4.25. The van der Waals surface area contributed by atoms with Gasteiger partial charge in [-0.15, -0.1) is 0 Å². The predicted molar refractivity (Wildman–Crippen MR) is 44.0 cm³/mol. The first-order valence-corrected chi connectivity index (χ1v) is 3.55. The second-order valence-electron chi connectivity index (χ2n) is 2.06. The van der Waals surface area contributed by atoms with E-state index >= 15 is 0 Å². The molecule has 0 unspecified atom stereocenters. The van der Waals surface area contributed by atoms with Crippen LogP contribution in [0.1, 0.15) is 13.3 Å². The maximum absolute atomic E-state index is 4.25. The van der Waals surface area contributed by atoms with Crippen LogP contribution in [0.25, 0.3) is 0 Å². The zero-order chi connectivity index (χ0) is 7.23. The normalized spacial score (nSPS) is 20.7. The average Bonchev–Trinajstić information content (AvgIpc) is 2.17. The quantitative estimate of drug-likeness (QED) is 0.580. The monoisotopic (exact) mass is 136 g/mol. The molecule has 10 heavy (non-hydrogen) atoms. The minimum absolute atomic E-state index is 0.851. The Hall–Kier alpha value is -1.05. The van der Waals surface area contributed by atoms with E-state index in [0.717, 1.165) is 18.8 Å². The lowest BCUT2D eigenvalue weighted by atomic mass is 10.3. The summed E-state index contributed by atoms with van der Waals surface area (Å²) in [6.45, 7) is 2.89. The van der Waals surface area contributed by atoms with E-state index in [1.165, 1.54) is 0 Å². The SMILES string of the molecule is CCN=C1CC=CC=CN1. The summed E-state index contributed by atoms with van der Waals surface area (Å²) in [5.74, 6) is 1.05. The molecule has 2 heteroatoms. The number of aliphatic imine (C=N–C) groups is 1. The molecule has 0 saturated carbocycles. The van der Waals surface area contributed by atoms with Gasteiger partial charge >= 0.3 is 0 Å². The first-order chi connectivity index (χ1) is 4.93. The molecule has 0 aliphatic carbocycles. The van der Waals surface area contributed by atoms with Crippen molar-refractivity contribution < 1.29 is 0 Å². The lowest BCUT2D eigenvalue weighted by Crippen LogP contribution is -2.15. The third-order valence-corrected chi connectivity index (χ3v) is 1.25. The van der Waals surface area contributed by atoms with Gasteiger partial charge in [0.15, 0.2) is 0 Å². The largest absolute Gasteiger partial charge is 0.350 e. The number of nitrogens with one attached hydrogen (secondary N) is 1. The molecule has 1 rings (SSSR count). The fraction of sp³-hybridized carbons (Fsp3) is 0.375. The number of hydrogen-bond donors (Lipinski definition) is 1. The number of hydrogen-bond acceptors (Lipinski definition) is 1. The van der Waals surface area contributed by atoms with Crippen LogP contribution >= 0.6 is 0 Å². The Morgan fingerprint density at radius 1 is 1.60 bits per heavy atom. The first kappa shape index (κ1) is 7.06. The highest BCUT2D eigenvalue weighted by Crippen LogP contribution is 1.92. The van der Waals surface area contributed by atoms with E-state index in [1.54, 1.807) is 0 Å². The van der Waals surface area contributed by atoms with Gasteiger partial charge in [0.25, 0.3) is 0 Å². The van der Waals surface area contributed by atoms with Crippen LogP contribution in [0.4, 0.5) is 0 Å². The highest BCUT2D eigenvalue weighted by Gasteiger charge is 1.92. The summed E-state index contributed by atoms with van der Waals surface area (Å²) in [5.41, 5.74) is 0. The third kappa shape index (κ3) is 2.05. The maximum Gasteiger partial charge on any atom is 0.104 e. The van der Waals surface area contributed by atoms with Crippen molar-refractivity contribution in [2.24, 2.45) is 4.99 Å². The van der Waals surface area contributed by atoms with Crippen molar-refractivity contribution in [3.63, 3.8) is 0 Å². The van der Waals surface area contributed by atoms with Gasteiger partial charge < -0.3 is 5.32 Å². The molecule has 0 aromatic heterocycles. The molecule has 0 saturated heterocycles. The zero-order valence-corrected chi connectivity index (χ0v) is 6.17. The van der Waals surface area contributed by atoms with Gasteiger partial charge in [0, 0.05) is 19.2 Å². The van der Waals surface area contributed by atoms with Crippen molar-refractivity contribution in [1.82, 2.24) is 5.32 Å². The van der Waals surface area contributed by atoms with E-state index in [4.69, 9.17) is 0 Å². The fourth-order valence-electron chi connectivity index (χ4n) is 0.818. The third-order valence-electron chi connectivity index (χ3n) is 1.25. The van der Waals surface area contributed by atoms with Crippen molar-refractivity contribution in [3.8, 4) is 0 Å². The molecule has 1 aliphatic rings. The molecule has 54 valence electrons. The highest BCUT2D eigenvalue weighted by molar-refractivity contribution is 5.84. The number of rotatable bonds is 1. The first-order valence-electron chi connectivity index (χ1n) is 3.55. The Labute approximate surface area is 61.4 Å². The molecule has 2 nitrogen and oxygen atoms in total. The van der Waals surface area contributed by atoms with Gasteiger partial charge in [-0.2, -0.15) is 0 Å². The second-order valence-corrected chi connectivity index (χ2v) is 2.06. The average molecular weight is 136 g/mol. The predicted octanol–water partition coefficient (Wildman–Crippen LogP) is 1.47. The van der Waals surface area contributed by atoms with Crippen LogP contribution in [-0.4, -0.2) is 12.4 Å². The van der Waals surface area contributed by atoms with Gasteiger partial charge in [0.1, 0.15) is 5.84 Å². The van der Waals surface area contributed by atoms with Gasteiger partial charge in [-0.1, -0.05) is 12.2 Å². The summed E-state index contributed by atoms with van der Waals surface area (Å²) in [5, 5.41) is 3.09. The smallest absolute Gasteiger partial charge is 0.104 e. The molecule has 0 aromatic carbocycles. The molecule has 0 fully saturated rings. The van der Waals surface area contributed by atoms with Gasteiger partial charge in [-0.05, 0) is 13.0 Å². The van der Waals surface area contributed by atoms with E-state index in [0.29, 0.717) is 0 Å². The van der Waals surface area contributed by atoms with Crippen LogP contribution < -0.4 is 5.32 Å². The Balaban J connectivity index is 2.55. The standard InChI is InChI=1S/C8H12N2/c1-2-9-8-6-4-3-5-7-10-8/h3-5,7H,2,6H2,1H3,(H,9,10). The summed E-state index contributed by atoms with van der Waals surface area (Å²) < 4.78 is 0. The lowest BCUT2D eigenvalue weighted by Gasteiger charge is -1.99. The fourth-order valence-corrected chi connectivity index (χ4v) is 0.818. The van der Waals surface area contributed by atoms with Crippen molar-refractivity contribution in [1.29, 1.82) is 0 Å². The summed E-state index contributed by atoms with van der Waals surface area (Å²) in [7, 11) is 0. The van der Waals surface area contributed by atoms with Crippen molar-refractivity contribution in [2.45, 2.75) is 13.3 Å². The molecule has 0 atom stereocenters. The minimum Gasteiger partial charge on any atom is -0.350 e. The van der Waals surface area contributed by atoms with Gasteiger partial charge in [-0.3, -0.25) is 4.99 Å². The molecule has 0 radical (unpaired) electrons. The van der Waals surface area contributed by atoms with Crippen LogP contribution in [0, 0.1) is 0 Å². The zero-order valence-electron chi connectivity index (χ0n) is 6.17. The Morgan fingerprint density at radius 3 is 3.30 bits per heavy atom. The molecular weight excluding hydrogens is 124 g/mol. The molecule has 1 heterocycles. The van der Waals surface area contributed by atoms with Gasteiger partial charge in [0.2, 0.25) is 0 Å². The van der Waals surface area contributed by atoms with Crippen LogP contribution in [0.3, 0.4) is 0 Å². The van der Waals surface area contributed by atoms with Crippen molar-refractivity contribution in [3.05, 3.63) is 24.4 Å².